The smallest absolute Gasteiger partial charge is 0.358 e. The Morgan fingerprint density at radius 3 is 2.11 bits per heavy atom. The van der Waals surface area contributed by atoms with Crippen molar-refractivity contribution in [2.75, 3.05) is 44.3 Å². The number of benzene rings is 2. The molecule has 0 unspecified atom stereocenters. The van der Waals surface area contributed by atoms with Crippen LogP contribution in [0.5, 0.6) is 0 Å². The molecule has 1 amide bonds. The molecule has 0 saturated carbocycles. The lowest BCUT2D eigenvalue weighted by Crippen LogP contribution is -2.48. The number of anilines is 1. The van der Waals surface area contributed by atoms with Crippen molar-refractivity contribution in [3.63, 3.8) is 0 Å². The fourth-order valence-electron chi connectivity index (χ4n) is 4.33. The Kier molecular flexibility index (Phi) is 8.73. The van der Waals surface area contributed by atoms with Crippen LogP contribution < -0.4 is 4.90 Å². The normalized spacial score (nSPS) is 13.3. The van der Waals surface area contributed by atoms with Gasteiger partial charge in [0.25, 0.3) is 0 Å². The first-order valence-corrected chi connectivity index (χ1v) is 12.7. The zero-order chi connectivity index (χ0) is 27.1. The first kappa shape index (κ1) is 26.8. The molecule has 2 heterocycles. The average Bonchev–Trinajstić information content (AvgIpc) is 3.38. The summed E-state index contributed by atoms with van der Waals surface area (Å²) in [6.45, 7) is 6.51. The largest absolute Gasteiger partial charge is 0.466 e. The van der Waals surface area contributed by atoms with E-state index in [4.69, 9.17) is 9.47 Å². The SMILES string of the molecule is CCOC(=O)CCC(=O)N1CCN(c2ccc(-c3cc(C(=O)OCC)nn3-c3ccc(F)cc3)cc2)CC1. The molecule has 9 nitrogen and oxygen atoms in total. The maximum absolute atomic E-state index is 13.5. The van der Waals surface area contributed by atoms with Gasteiger partial charge in [-0.15, -0.1) is 0 Å². The quantitative estimate of drug-likeness (QED) is 0.394. The Bertz CT molecular complexity index is 1270. The van der Waals surface area contributed by atoms with Gasteiger partial charge in [0.05, 0.1) is 31.0 Å². The van der Waals surface area contributed by atoms with Crippen molar-refractivity contribution in [1.82, 2.24) is 14.7 Å². The van der Waals surface area contributed by atoms with Crippen molar-refractivity contribution in [1.29, 1.82) is 0 Å². The number of aromatic nitrogens is 2. The number of halogens is 1. The number of amides is 1. The molecule has 1 saturated heterocycles. The van der Waals surface area contributed by atoms with E-state index in [1.165, 1.54) is 12.1 Å². The summed E-state index contributed by atoms with van der Waals surface area (Å²) < 4.78 is 25.1. The lowest BCUT2D eigenvalue weighted by Gasteiger charge is -2.36. The lowest BCUT2D eigenvalue weighted by atomic mass is 10.1. The molecule has 1 aromatic heterocycles. The van der Waals surface area contributed by atoms with Gasteiger partial charge in [-0.1, -0.05) is 12.1 Å². The Morgan fingerprint density at radius 1 is 0.842 bits per heavy atom. The predicted octanol–water partition coefficient (Wildman–Crippen LogP) is 3.85. The summed E-state index contributed by atoms with van der Waals surface area (Å²) in [5.41, 5.74) is 3.28. The summed E-state index contributed by atoms with van der Waals surface area (Å²) >= 11 is 0. The highest BCUT2D eigenvalue weighted by atomic mass is 19.1. The lowest BCUT2D eigenvalue weighted by molar-refractivity contribution is -0.145. The highest BCUT2D eigenvalue weighted by Gasteiger charge is 2.23. The van der Waals surface area contributed by atoms with Crippen LogP contribution in [-0.4, -0.2) is 71.9 Å². The molecule has 0 bridgehead atoms. The molecule has 2 aromatic carbocycles. The standard InChI is InChI=1S/C28H31FN4O5/c1-3-37-27(35)14-13-26(34)32-17-15-31(16-18-32)22-9-5-20(6-10-22)25-19-24(28(36)38-4-2)30-33(25)23-11-7-21(29)8-12-23/h5-12,19H,3-4,13-18H2,1-2H3. The van der Waals surface area contributed by atoms with Gasteiger partial charge in [-0.25, -0.2) is 13.9 Å². The van der Waals surface area contributed by atoms with E-state index in [1.54, 1.807) is 41.6 Å². The van der Waals surface area contributed by atoms with Crippen LogP contribution in [0, 0.1) is 5.82 Å². The number of esters is 2. The minimum atomic E-state index is -0.527. The molecule has 200 valence electrons. The molecular weight excluding hydrogens is 491 g/mol. The van der Waals surface area contributed by atoms with E-state index in [0.29, 0.717) is 44.2 Å². The van der Waals surface area contributed by atoms with Gasteiger partial charge < -0.3 is 19.3 Å². The van der Waals surface area contributed by atoms with E-state index in [2.05, 4.69) is 10.00 Å². The number of nitrogens with zero attached hydrogens (tertiary/aromatic N) is 4. The second-order valence-electron chi connectivity index (χ2n) is 8.74. The molecule has 0 atom stereocenters. The van der Waals surface area contributed by atoms with Crippen LogP contribution in [-0.2, 0) is 19.1 Å². The van der Waals surface area contributed by atoms with Gasteiger partial charge in [0.2, 0.25) is 5.91 Å². The van der Waals surface area contributed by atoms with Gasteiger partial charge in [-0.05, 0) is 56.3 Å². The van der Waals surface area contributed by atoms with Crippen LogP contribution in [0.3, 0.4) is 0 Å². The van der Waals surface area contributed by atoms with Gasteiger partial charge in [0, 0.05) is 43.9 Å². The summed E-state index contributed by atoms with van der Waals surface area (Å²) in [6, 6.07) is 15.4. The fourth-order valence-corrected chi connectivity index (χ4v) is 4.33. The Labute approximate surface area is 220 Å². The first-order valence-electron chi connectivity index (χ1n) is 12.7. The molecule has 0 N–H and O–H groups in total. The Balaban J connectivity index is 1.45. The van der Waals surface area contributed by atoms with Gasteiger partial charge in [-0.2, -0.15) is 5.10 Å². The molecule has 1 aliphatic heterocycles. The van der Waals surface area contributed by atoms with Gasteiger partial charge in [-0.3, -0.25) is 9.59 Å². The molecule has 1 aliphatic rings. The molecule has 0 spiro atoms. The van der Waals surface area contributed by atoms with Crippen LogP contribution in [0.15, 0.2) is 54.6 Å². The molecule has 1 fully saturated rings. The van der Waals surface area contributed by atoms with Crippen LogP contribution in [0.2, 0.25) is 0 Å². The zero-order valence-electron chi connectivity index (χ0n) is 21.6. The third kappa shape index (κ3) is 6.37. The van der Waals surface area contributed by atoms with E-state index < -0.39 is 5.97 Å². The third-order valence-corrected chi connectivity index (χ3v) is 6.27. The van der Waals surface area contributed by atoms with Gasteiger partial charge in [0.15, 0.2) is 5.69 Å². The second kappa shape index (κ2) is 12.4. The summed E-state index contributed by atoms with van der Waals surface area (Å²) in [7, 11) is 0. The van der Waals surface area contributed by atoms with Crippen molar-refractivity contribution in [3.05, 3.63) is 66.1 Å². The number of piperazine rings is 1. The third-order valence-electron chi connectivity index (χ3n) is 6.27. The summed E-state index contributed by atoms with van der Waals surface area (Å²) in [6.07, 6.45) is 0.254. The highest BCUT2D eigenvalue weighted by Crippen LogP contribution is 2.27. The number of ether oxygens (including phenoxy) is 2. The van der Waals surface area contributed by atoms with E-state index in [9.17, 15) is 18.8 Å². The summed E-state index contributed by atoms with van der Waals surface area (Å²) in [5, 5.41) is 4.42. The molecule has 3 aromatic rings. The number of rotatable bonds is 9. The maximum atomic E-state index is 13.5. The molecule has 0 aliphatic carbocycles. The van der Waals surface area contributed by atoms with Crippen molar-refractivity contribution in [3.8, 4) is 16.9 Å². The summed E-state index contributed by atoms with van der Waals surface area (Å²) in [5.74, 6) is -1.28. The number of hydrogen-bond donors (Lipinski definition) is 0. The number of carbonyl (C=O) groups excluding carboxylic acids is 3. The van der Waals surface area contributed by atoms with Crippen molar-refractivity contribution in [2.24, 2.45) is 0 Å². The molecule has 38 heavy (non-hydrogen) atoms. The van der Waals surface area contributed by atoms with E-state index >= 15 is 0 Å². The highest BCUT2D eigenvalue weighted by molar-refractivity contribution is 5.89. The minimum Gasteiger partial charge on any atom is -0.466 e. The van der Waals surface area contributed by atoms with E-state index in [1.807, 2.05) is 24.3 Å². The predicted molar refractivity (Wildman–Crippen MR) is 140 cm³/mol. The number of carbonyl (C=O) groups is 3. The summed E-state index contributed by atoms with van der Waals surface area (Å²) in [4.78, 5) is 40.3. The molecule has 0 radical (unpaired) electrons. The minimum absolute atomic E-state index is 0.0421. The van der Waals surface area contributed by atoms with Crippen molar-refractivity contribution in [2.45, 2.75) is 26.7 Å². The molecular formula is C28H31FN4O5. The first-order chi connectivity index (χ1) is 18.4. The van der Waals surface area contributed by atoms with Gasteiger partial charge >= 0.3 is 11.9 Å². The Morgan fingerprint density at radius 2 is 1.47 bits per heavy atom. The average molecular weight is 523 g/mol. The Hall–Kier alpha value is -4.21. The second-order valence-corrected chi connectivity index (χ2v) is 8.74. The van der Waals surface area contributed by atoms with Crippen LogP contribution in [0.4, 0.5) is 10.1 Å². The van der Waals surface area contributed by atoms with Crippen LogP contribution in [0.25, 0.3) is 16.9 Å². The van der Waals surface area contributed by atoms with Crippen LogP contribution >= 0.6 is 0 Å². The van der Waals surface area contributed by atoms with E-state index in [0.717, 1.165) is 11.3 Å². The van der Waals surface area contributed by atoms with Crippen molar-refractivity contribution < 1.29 is 28.2 Å². The van der Waals surface area contributed by atoms with E-state index in [-0.39, 0.29) is 42.8 Å². The van der Waals surface area contributed by atoms with Gasteiger partial charge in [0.1, 0.15) is 5.82 Å². The topological polar surface area (TPSA) is 94.0 Å². The molecule has 10 heteroatoms. The van der Waals surface area contributed by atoms with Crippen molar-refractivity contribution >= 4 is 23.5 Å². The molecule has 4 rings (SSSR count). The maximum Gasteiger partial charge on any atom is 0.358 e. The zero-order valence-corrected chi connectivity index (χ0v) is 21.6. The fraction of sp³-hybridized carbons (Fsp3) is 0.357. The monoisotopic (exact) mass is 522 g/mol. The van der Waals surface area contributed by atoms with Crippen LogP contribution in [0.1, 0.15) is 37.2 Å². The number of hydrogen-bond acceptors (Lipinski definition) is 7.